The number of benzene rings is 3. The van der Waals surface area contributed by atoms with Crippen molar-refractivity contribution in [3.05, 3.63) is 108 Å². The van der Waals surface area contributed by atoms with Crippen LogP contribution in [0.4, 0.5) is 4.39 Å². The lowest BCUT2D eigenvalue weighted by atomic mass is 9.87. The molecule has 0 unspecified atom stereocenters. The largest absolute Gasteiger partial charge is 0.423 e. The van der Waals surface area contributed by atoms with Gasteiger partial charge in [0.1, 0.15) is 17.1 Å². The quantitative estimate of drug-likeness (QED) is 0.179. The summed E-state index contributed by atoms with van der Waals surface area (Å²) in [5, 5.41) is 7.32. The summed E-state index contributed by atoms with van der Waals surface area (Å²) in [6, 6.07) is 20.5. The molecule has 0 bridgehead atoms. The minimum atomic E-state index is -0.555. The number of nitrogens with zero attached hydrogens (tertiary/aromatic N) is 1. The topological polar surface area (TPSA) is 55.0 Å². The Morgan fingerprint density at radius 2 is 1.84 bits per heavy atom. The maximum absolute atomic E-state index is 14.9. The van der Waals surface area contributed by atoms with Crippen molar-refractivity contribution in [1.82, 2.24) is 10.2 Å². The third-order valence-electron chi connectivity index (χ3n) is 5.10. The summed E-state index contributed by atoms with van der Waals surface area (Å²) < 4.78 is 20.4. The molecule has 31 heavy (non-hydrogen) atoms. The lowest BCUT2D eigenvalue weighted by Crippen LogP contribution is -2.06. The van der Waals surface area contributed by atoms with Crippen molar-refractivity contribution in [2.75, 3.05) is 0 Å². The minimum absolute atomic E-state index is 0.354. The first-order valence-electron chi connectivity index (χ1n) is 9.97. The fraction of sp³-hybridized carbons (Fsp3) is 0.0769. The number of H-pyrrole nitrogens is 1. The first-order valence-corrected chi connectivity index (χ1v) is 9.97. The Kier molecular flexibility index (Phi) is 5.76. The summed E-state index contributed by atoms with van der Waals surface area (Å²) in [4.78, 5) is 12.0. The first kappa shape index (κ1) is 20.3. The fourth-order valence-electron chi connectivity index (χ4n) is 3.73. The number of halogens is 1. The van der Waals surface area contributed by atoms with E-state index in [9.17, 15) is 9.18 Å². The Hall–Kier alpha value is -3.99. The highest BCUT2D eigenvalue weighted by atomic mass is 19.1. The number of hydrogen-bond acceptors (Lipinski definition) is 3. The second-order valence-electron chi connectivity index (χ2n) is 6.99. The number of fused-ring (bicyclic) bond motifs is 1. The summed E-state index contributed by atoms with van der Waals surface area (Å²) >= 11 is 0. The molecule has 0 aliphatic carbocycles. The molecule has 4 rings (SSSR count). The molecule has 1 aromatic heterocycles. The zero-order valence-corrected chi connectivity index (χ0v) is 17.1. The van der Waals surface area contributed by atoms with Crippen LogP contribution in [0.15, 0.2) is 85.6 Å². The molecule has 0 radical (unpaired) electrons. The van der Waals surface area contributed by atoms with Gasteiger partial charge in [-0.05, 0) is 46.9 Å². The molecule has 0 amide bonds. The summed E-state index contributed by atoms with van der Waals surface area (Å²) in [6.07, 6.45) is 3.40. The lowest BCUT2D eigenvalue weighted by Gasteiger charge is -2.19. The van der Waals surface area contributed by atoms with Gasteiger partial charge in [0.2, 0.25) is 0 Å². The predicted octanol–water partition coefficient (Wildman–Crippen LogP) is 6.16. The van der Waals surface area contributed by atoms with Crippen molar-refractivity contribution in [3.8, 4) is 5.75 Å². The average Bonchev–Trinajstić information content (AvgIpc) is 3.28. The molecule has 3 aromatic carbocycles. The first-order chi connectivity index (χ1) is 15.1. The number of allylic oxidation sites excluding steroid dienone is 1. The van der Waals surface area contributed by atoms with Crippen molar-refractivity contribution in [1.29, 1.82) is 0 Å². The van der Waals surface area contributed by atoms with Crippen LogP contribution >= 0.6 is 0 Å². The van der Waals surface area contributed by atoms with Gasteiger partial charge in [0.25, 0.3) is 0 Å². The van der Waals surface area contributed by atoms with Crippen LogP contribution in [0.25, 0.3) is 22.0 Å². The number of hydrogen-bond donors (Lipinski definition) is 1. The van der Waals surface area contributed by atoms with Crippen LogP contribution in [-0.2, 0) is 4.79 Å². The van der Waals surface area contributed by atoms with Crippen LogP contribution in [0.3, 0.4) is 0 Å². The monoisotopic (exact) mass is 412 g/mol. The number of carbonyl (C=O) groups excluding carboxylic acids is 1. The number of aromatic amines is 1. The van der Waals surface area contributed by atoms with Gasteiger partial charge in [0, 0.05) is 17.0 Å². The number of nitrogens with one attached hydrogen (secondary N) is 1. The normalized spacial score (nSPS) is 11.8. The second kappa shape index (κ2) is 8.79. The van der Waals surface area contributed by atoms with E-state index in [2.05, 4.69) is 16.8 Å². The highest BCUT2D eigenvalue weighted by Crippen LogP contribution is 2.39. The van der Waals surface area contributed by atoms with E-state index in [4.69, 9.17) is 4.74 Å². The van der Waals surface area contributed by atoms with E-state index in [0.717, 1.165) is 22.8 Å². The third kappa shape index (κ3) is 4.03. The lowest BCUT2D eigenvalue weighted by molar-refractivity contribution is -0.128. The molecule has 4 nitrogen and oxygen atoms in total. The second-order valence-corrected chi connectivity index (χ2v) is 6.99. The highest BCUT2D eigenvalue weighted by molar-refractivity contribution is 6.02. The standard InChI is InChI=1S/C26H21FN2O2/c1-3-20(17-10-6-5-7-11-17)25(18-14-19-16-28-29-26(19)22(27)15-18)21-12-8-9-13-23(21)31-24(30)4-2/h4-16H,2-3H2,1H3,(H,28,29)/b25-20+. The van der Waals surface area contributed by atoms with Crippen LogP contribution < -0.4 is 4.74 Å². The highest BCUT2D eigenvalue weighted by Gasteiger charge is 2.19. The molecule has 0 aliphatic rings. The van der Waals surface area contributed by atoms with Gasteiger partial charge in [-0.15, -0.1) is 0 Å². The Balaban J connectivity index is 2.04. The number of rotatable bonds is 6. The molecule has 1 heterocycles. The van der Waals surface area contributed by atoms with Gasteiger partial charge in [-0.2, -0.15) is 5.10 Å². The molecule has 0 aliphatic heterocycles. The van der Waals surface area contributed by atoms with Crippen molar-refractivity contribution < 1.29 is 13.9 Å². The van der Waals surface area contributed by atoms with E-state index in [0.29, 0.717) is 34.2 Å². The van der Waals surface area contributed by atoms with Crippen molar-refractivity contribution >= 4 is 28.0 Å². The van der Waals surface area contributed by atoms with Crippen molar-refractivity contribution in [2.45, 2.75) is 13.3 Å². The zero-order valence-electron chi connectivity index (χ0n) is 17.1. The molecular weight excluding hydrogens is 391 g/mol. The van der Waals surface area contributed by atoms with Gasteiger partial charge in [0.05, 0.1) is 6.20 Å². The van der Waals surface area contributed by atoms with Crippen molar-refractivity contribution in [2.24, 2.45) is 0 Å². The summed E-state index contributed by atoms with van der Waals surface area (Å²) in [5.74, 6) is -0.565. The third-order valence-corrected chi connectivity index (χ3v) is 5.10. The number of para-hydroxylation sites is 1. The smallest absolute Gasteiger partial charge is 0.335 e. The molecule has 0 saturated carbocycles. The number of esters is 1. The SMILES string of the molecule is C=CC(=O)Oc1ccccc1/C(=C(\CC)c1ccccc1)c1cc(F)c2[nH]ncc2c1. The van der Waals surface area contributed by atoms with E-state index in [1.165, 1.54) is 6.07 Å². The van der Waals surface area contributed by atoms with Crippen LogP contribution in [0.5, 0.6) is 5.75 Å². The number of carbonyl (C=O) groups is 1. The van der Waals surface area contributed by atoms with Crippen LogP contribution in [0.1, 0.15) is 30.0 Å². The average molecular weight is 412 g/mol. The van der Waals surface area contributed by atoms with Gasteiger partial charge in [0.15, 0.2) is 0 Å². The minimum Gasteiger partial charge on any atom is -0.423 e. The Labute approximate surface area is 179 Å². The Bertz CT molecular complexity index is 1290. The molecule has 0 saturated heterocycles. The molecular formula is C26H21FN2O2. The van der Waals surface area contributed by atoms with E-state index in [-0.39, 0.29) is 0 Å². The van der Waals surface area contributed by atoms with E-state index < -0.39 is 11.8 Å². The Morgan fingerprint density at radius 3 is 2.58 bits per heavy atom. The van der Waals surface area contributed by atoms with E-state index >= 15 is 0 Å². The van der Waals surface area contributed by atoms with Gasteiger partial charge in [-0.1, -0.05) is 62.0 Å². The zero-order chi connectivity index (χ0) is 21.8. The molecule has 0 atom stereocenters. The fourth-order valence-corrected chi connectivity index (χ4v) is 3.73. The summed E-state index contributed by atoms with van der Waals surface area (Å²) in [5.41, 5.74) is 4.53. The molecule has 1 N–H and O–H groups in total. The van der Waals surface area contributed by atoms with Gasteiger partial charge in [-0.3, -0.25) is 5.10 Å². The van der Waals surface area contributed by atoms with Crippen molar-refractivity contribution in [3.63, 3.8) is 0 Å². The summed E-state index contributed by atoms with van der Waals surface area (Å²) in [7, 11) is 0. The maximum atomic E-state index is 14.9. The maximum Gasteiger partial charge on any atom is 0.335 e. The number of ether oxygens (including phenoxy) is 1. The molecule has 0 fully saturated rings. The molecule has 4 aromatic rings. The number of aromatic nitrogens is 2. The molecule has 0 spiro atoms. The van der Waals surface area contributed by atoms with Gasteiger partial charge in [-0.25, -0.2) is 9.18 Å². The van der Waals surface area contributed by atoms with E-state index in [1.54, 1.807) is 18.3 Å². The summed E-state index contributed by atoms with van der Waals surface area (Å²) in [6.45, 7) is 5.53. The van der Waals surface area contributed by atoms with Gasteiger partial charge < -0.3 is 4.74 Å². The molecule has 5 heteroatoms. The molecule has 154 valence electrons. The van der Waals surface area contributed by atoms with Gasteiger partial charge >= 0.3 is 5.97 Å². The predicted molar refractivity (Wildman–Crippen MR) is 121 cm³/mol. The Morgan fingerprint density at radius 1 is 1.10 bits per heavy atom. The van der Waals surface area contributed by atoms with E-state index in [1.807, 2.05) is 55.5 Å². The van der Waals surface area contributed by atoms with Crippen LogP contribution in [0, 0.1) is 5.82 Å². The van der Waals surface area contributed by atoms with Crippen LogP contribution in [0.2, 0.25) is 0 Å². The van der Waals surface area contributed by atoms with Crippen LogP contribution in [-0.4, -0.2) is 16.2 Å².